The van der Waals surface area contributed by atoms with E-state index in [1.807, 2.05) is 51.1 Å². The molecule has 0 amide bonds. The summed E-state index contributed by atoms with van der Waals surface area (Å²) in [6.07, 6.45) is 0. The van der Waals surface area contributed by atoms with Crippen LogP contribution in [0.15, 0.2) is 42.5 Å². The largest absolute Gasteiger partial charge is 0.496 e. The van der Waals surface area contributed by atoms with E-state index in [0.29, 0.717) is 11.3 Å². The van der Waals surface area contributed by atoms with Crippen molar-refractivity contribution in [2.45, 2.75) is 33.0 Å². The summed E-state index contributed by atoms with van der Waals surface area (Å²) in [5.74, 6) is 0.316. The number of methoxy groups -OCH3 is 1. The molecule has 122 valence electrons. The zero-order chi connectivity index (χ0) is 17.0. The van der Waals surface area contributed by atoms with Crippen LogP contribution in [0, 0.1) is 0 Å². The van der Waals surface area contributed by atoms with Crippen LogP contribution in [0.3, 0.4) is 0 Å². The van der Waals surface area contributed by atoms with E-state index in [-0.39, 0.29) is 12.6 Å². The van der Waals surface area contributed by atoms with Gasteiger partial charge in [0, 0.05) is 5.56 Å². The Bertz CT molecular complexity index is 682. The van der Waals surface area contributed by atoms with E-state index in [9.17, 15) is 9.90 Å². The Labute approximate surface area is 136 Å². The van der Waals surface area contributed by atoms with Gasteiger partial charge in [-0.2, -0.15) is 0 Å². The monoisotopic (exact) mass is 314 g/mol. The van der Waals surface area contributed by atoms with E-state index in [4.69, 9.17) is 9.47 Å². The molecule has 0 aromatic heterocycles. The Kier molecular flexibility index (Phi) is 5.06. The third kappa shape index (κ3) is 4.33. The average Bonchev–Trinajstić information content (AvgIpc) is 2.52. The molecule has 0 aliphatic heterocycles. The maximum atomic E-state index is 12.0. The van der Waals surface area contributed by atoms with Crippen LogP contribution in [-0.4, -0.2) is 23.8 Å². The summed E-state index contributed by atoms with van der Waals surface area (Å²) >= 11 is 0. The Morgan fingerprint density at radius 3 is 2.17 bits per heavy atom. The predicted molar refractivity (Wildman–Crippen MR) is 89.5 cm³/mol. The van der Waals surface area contributed by atoms with Crippen molar-refractivity contribution in [2.24, 2.45) is 0 Å². The van der Waals surface area contributed by atoms with Gasteiger partial charge in [-0.1, -0.05) is 18.2 Å². The predicted octanol–water partition coefficient (Wildman–Crippen LogP) is 3.81. The lowest BCUT2D eigenvalue weighted by Crippen LogP contribution is -2.23. The third-order valence-corrected chi connectivity index (χ3v) is 3.30. The standard InChI is InChI=1S/C19H22O4/c1-19(2,3)23-18(21)14-7-5-13(6-8-14)15-9-10-17(22-4)16(11-15)12-20/h5-11,20H,12H2,1-4H3. The van der Waals surface area contributed by atoms with Gasteiger partial charge in [-0.3, -0.25) is 0 Å². The Morgan fingerprint density at radius 2 is 1.65 bits per heavy atom. The summed E-state index contributed by atoms with van der Waals surface area (Å²) in [5.41, 5.74) is 2.63. The van der Waals surface area contributed by atoms with E-state index in [1.54, 1.807) is 19.2 Å². The van der Waals surface area contributed by atoms with Gasteiger partial charge < -0.3 is 14.6 Å². The highest BCUT2D eigenvalue weighted by Crippen LogP contribution is 2.27. The maximum Gasteiger partial charge on any atom is 0.338 e. The number of carbonyl (C=O) groups is 1. The normalized spacial score (nSPS) is 11.2. The molecular formula is C19H22O4. The summed E-state index contributed by atoms with van der Waals surface area (Å²) in [5, 5.41) is 9.40. The van der Waals surface area contributed by atoms with Crippen LogP contribution < -0.4 is 4.74 Å². The molecule has 0 bridgehead atoms. The zero-order valence-electron chi connectivity index (χ0n) is 13.9. The van der Waals surface area contributed by atoms with Gasteiger partial charge in [-0.05, 0) is 56.2 Å². The molecule has 2 rings (SSSR count). The average molecular weight is 314 g/mol. The quantitative estimate of drug-likeness (QED) is 0.872. The van der Waals surface area contributed by atoms with Crippen LogP contribution in [0.1, 0.15) is 36.7 Å². The summed E-state index contributed by atoms with van der Waals surface area (Å²) in [4.78, 5) is 12.0. The van der Waals surface area contributed by atoms with Gasteiger partial charge in [0.05, 0.1) is 19.3 Å². The molecule has 0 atom stereocenters. The van der Waals surface area contributed by atoms with Crippen LogP contribution in [0.2, 0.25) is 0 Å². The topological polar surface area (TPSA) is 55.8 Å². The molecule has 0 fully saturated rings. The molecule has 0 unspecified atom stereocenters. The number of aliphatic hydroxyl groups excluding tert-OH is 1. The number of benzene rings is 2. The minimum absolute atomic E-state index is 0.0903. The molecule has 0 aliphatic carbocycles. The fraction of sp³-hybridized carbons (Fsp3) is 0.316. The summed E-state index contributed by atoms with van der Waals surface area (Å²) < 4.78 is 10.6. The number of ether oxygens (including phenoxy) is 2. The van der Waals surface area contributed by atoms with Crippen molar-refractivity contribution in [3.63, 3.8) is 0 Å². The van der Waals surface area contributed by atoms with Crippen molar-refractivity contribution in [3.05, 3.63) is 53.6 Å². The van der Waals surface area contributed by atoms with E-state index in [2.05, 4.69) is 0 Å². The lowest BCUT2D eigenvalue weighted by molar-refractivity contribution is 0.00695. The first-order chi connectivity index (χ1) is 10.8. The molecule has 1 N–H and O–H groups in total. The Balaban J connectivity index is 2.24. The lowest BCUT2D eigenvalue weighted by atomic mass is 10.0. The second-order valence-electron chi connectivity index (χ2n) is 6.26. The highest BCUT2D eigenvalue weighted by molar-refractivity contribution is 5.90. The minimum atomic E-state index is -0.512. The fourth-order valence-electron chi connectivity index (χ4n) is 2.22. The summed E-state index contributed by atoms with van der Waals surface area (Å²) in [6, 6.07) is 12.8. The minimum Gasteiger partial charge on any atom is -0.496 e. The number of hydrogen-bond donors (Lipinski definition) is 1. The van der Waals surface area contributed by atoms with Gasteiger partial charge in [-0.25, -0.2) is 4.79 Å². The van der Waals surface area contributed by atoms with Crippen LogP contribution in [0.25, 0.3) is 11.1 Å². The molecule has 4 heteroatoms. The smallest absolute Gasteiger partial charge is 0.338 e. The van der Waals surface area contributed by atoms with Gasteiger partial charge in [-0.15, -0.1) is 0 Å². The lowest BCUT2D eigenvalue weighted by Gasteiger charge is -2.19. The van der Waals surface area contributed by atoms with Gasteiger partial charge in [0.1, 0.15) is 11.4 Å². The van der Waals surface area contributed by atoms with Crippen molar-refractivity contribution >= 4 is 5.97 Å². The fourth-order valence-corrected chi connectivity index (χ4v) is 2.22. The van der Waals surface area contributed by atoms with Crippen LogP contribution in [0.4, 0.5) is 0 Å². The number of aliphatic hydroxyl groups is 1. The van der Waals surface area contributed by atoms with E-state index in [1.165, 1.54) is 0 Å². The van der Waals surface area contributed by atoms with E-state index < -0.39 is 5.60 Å². The van der Waals surface area contributed by atoms with Crippen LogP contribution in [0.5, 0.6) is 5.75 Å². The van der Waals surface area contributed by atoms with Crippen LogP contribution >= 0.6 is 0 Å². The second-order valence-corrected chi connectivity index (χ2v) is 6.26. The van der Waals surface area contributed by atoms with E-state index >= 15 is 0 Å². The van der Waals surface area contributed by atoms with Gasteiger partial charge >= 0.3 is 5.97 Å². The first kappa shape index (κ1) is 17.0. The molecule has 0 heterocycles. The molecule has 4 nitrogen and oxygen atoms in total. The number of hydrogen-bond acceptors (Lipinski definition) is 4. The number of carbonyl (C=O) groups excluding carboxylic acids is 1. The number of esters is 1. The molecule has 0 aliphatic rings. The highest BCUT2D eigenvalue weighted by Gasteiger charge is 2.17. The maximum absolute atomic E-state index is 12.0. The number of rotatable bonds is 4. The van der Waals surface area contributed by atoms with Crippen molar-refractivity contribution in [1.29, 1.82) is 0 Å². The second kappa shape index (κ2) is 6.84. The molecule has 23 heavy (non-hydrogen) atoms. The van der Waals surface area contributed by atoms with Gasteiger partial charge in [0.2, 0.25) is 0 Å². The van der Waals surface area contributed by atoms with Crippen molar-refractivity contribution < 1.29 is 19.4 Å². The van der Waals surface area contributed by atoms with Crippen molar-refractivity contribution in [2.75, 3.05) is 7.11 Å². The van der Waals surface area contributed by atoms with Gasteiger partial charge in [0.15, 0.2) is 0 Å². The summed E-state index contributed by atoms with van der Waals surface area (Å²) in [6.45, 7) is 5.43. The third-order valence-electron chi connectivity index (χ3n) is 3.30. The molecule has 2 aromatic rings. The van der Waals surface area contributed by atoms with Crippen molar-refractivity contribution in [1.82, 2.24) is 0 Å². The van der Waals surface area contributed by atoms with E-state index in [0.717, 1.165) is 16.7 Å². The molecular weight excluding hydrogens is 292 g/mol. The molecule has 0 spiro atoms. The molecule has 0 saturated heterocycles. The van der Waals surface area contributed by atoms with Gasteiger partial charge in [0.25, 0.3) is 0 Å². The highest BCUT2D eigenvalue weighted by atomic mass is 16.6. The van der Waals surface area contributed by atoms with Crippen LogP contribution in [-0.2, 0) is 11.3 Å². The SMILES string of the molecule is COc1ccc(-c2ccc(C(=O)OC(C)(C)C)cc2)cc1CO. The zero-order valence-corrected chi connectivity index (χ0v) is 13.9. The molecule has 0 radical (unpaired) electrons. The Morgan fingerprint density at radius 1 is 1.04 bits per heavy atom. The van der Waals surface area contributed by atoms with Crippen molar-refractivity contribution in [3.8, 4) is 16.9 Å². The first-order valence-electron chi connectivity index (χ1n) is 7.45. The summed E-state index contributed by atoms with van der Waals surface area (Å²) in [7, 11) is 1.57. The molecule has 2 aromatic carbocycles. The molecule has 0 saturated carbocycles. The Hall–Kier alpha value is -2.33. The first-order valence-corrected chi connectivity index (χ1v) is 7.45.